The number of thioether (sulfide) groups is 1. The van der Waals surface area contributed by atoms with Crippen molar-refractivity contribution in [3.8, 4) is 5.75 Å². The second-order valence-electron chi connectivity index (χ2n) is 6.27. The minimum atomic E-state index is -0.348. The van der Waals surface area contributed by atoms with Gasteiger partial charge in [-0.1, -0.05) is 35.2 Å². The zero-order valence-corrected chi connectivity index (χ0v) is 17.8. The third-order valence-electron chi connectivity index (χ3n) is 4.12. The molecule has 9 heteroatoms. The lowest BCUT2D eigenvalue weighted by molar-refractivity contribution is -0.120. The quantitative estimate of drug-likeness (QED) is 0.499. The molecule has 2 aromatic carbocycles. The van der Waals surface area contributed by atoms with Crippen LogP contribution in [0.2, 0.25) is 0 Å². The maximum Gasteiger partial charge on any atom is 0.233 e. The van der Waals surface area contributed by atoms with E-state index in [2.05, 4.69) is 20.8 Å². The fraction of sp³-hybridized carbons (Fsp3) is 0.250. The number of halogens is 1. The highest BCUT2D eigenvalue weighted by molar-refractivity contribution is 8.02. The van der Waals surface area contributed by atoms with E-state index in [0.29, 0.717) is 9.47 Å². The molecule has 0 aliphatic carbocycles. The van der Waals surface area contributed by atoms with E-state index in [4.69, 9.17) is 4.74 Å². The zero-order valence-electron chi connectivity index (χ0n) is 16.2. The molecule has 1 heterocycles. The van der Waals surface area contributed by atoms with Gasteiger partial charge in [-0.3, -0.25) is 4.79 Å². The third-order valence-corrected chi connectivity index (χ3v) is 6.15. The van der Waals surface area contributed by atoms with Crippen molar-refractivity contribution in [2.45, 2.75) is 29.5 Å². The van der Waals surface area contributed by atoms with E-state index >= 15 is 0 Å². The Morgan fingerprint density at radius 1 is 1.10 bits per heavy atom. The predicted octanol–water partition coefficient (Wildman–Crippen LogP) is 4.79. The number of rotatable bonds is 8. The largest absolute Gasteiger partial charge is 0.497 e. The molecule has 2 N–H and O–H groups in total. The first-order chi connectivity index (χ1) is 13.9. The second kappa shape index (κ2) is 9.71. The molecule has 0 spiro atoms. The van der Waals surface area contributed by atoms with Crippen LogP contribution in [0.1, 0.15) is 25.5 Å². The number of hydrogen-bond donors (Lipinski definition) is 2. The van der Waals surface area contributed by atoms with E-state index in [-0.39, 0.29) is 23.0 Å². The lowest BCUT2D eigenvalue weighted by Crippen LogP contribution is -2.33. The molecule has 29 heavy (non-hydrogen) atoms. The molecule has 2 atom stereocenters. The summed E-state index contributed by atoms with van der Waals surface area (Å²) in [6.45, 7) is 3.68. The minimum absolute atomic E-state index is 0.119. The summed E-state index contributed by atoms with van der Waals surface area (Å²) in [5, 5.41) is 14.7. The van der Waals surface area contributed by atoms with Crippen molar-refractivity contribution in [2.75, 3.05) is 12.4 Å². The normalized spacial score (nSPS) is 12.8. The summed E-state index contributed by atoms with van der Waals surface area (Å²) in [7, 11) is 1.62. The monoisotopic (exact) mass is 432 g/mol. The van der Waals surface area contributed by atoms with Gasteiger partial charge < -0.3 is 15.4 Å². The average molecular weight is 433 g/mol. The molecule has 0 unspecified atom stereocenters. The van der Waals surface area contributed by atoms with Crippen molar-refractivity contribution in [2.24, 2.45) is 0 Å². The molecule has 152 valence electrons. The smallest absolute Gasteiger partial charge is 0.233 e. The van der Waals surface area contributed by atoms with Crippen molar-refractivity contribution >= 4 is 39.8 Å². The number of anilines is 2. The van der Waals surface area contributed by atoms with Gasteiger partial charge in [0.15, 0.2) is 4.34 Å². The van der Waals surface area contributed by atoms with Crippen LogP contribution in [0.4, 0.5) is 15.2 Å². The highest BCUT2D eigenvalue weighted by Gasteiger charge is 2.19. The van der Waals surface area contributed by atoms with Crippen molar-refractivity contribution in [1.82, 2.24) is 15.5 Å². The van der Waals surface area contributed by atoms with Gasteiger partial charge >= 0.3 is 0 Å². The van der Waals surface area contributed by atoms with Crippen LogP contribution in [0.15, 0.2) is 52.9 Å². The van der Waals surface area contributed by atoms with Crippen LogP contribution in [0, 0.1) is 5.82 Å². The summed E-state index contributed by atoms with van der Waals surface area (Å²) < 4.78 is 18.9. The summed E-state index contributed by atoms with van der Waals surface area (Å²) >= 11 is 2.72. The number of amides is 1. The molecule has 0 fully saturated rings. The highest BCUT2D eigenvalue weighted by atomic mass is 32.2. The molecule has 0 bridgehead atoms. The Labute approximate surface area is 176 Å². The lowest BCUT2D eigenvalue weighted by atomic mass is 10.1. The number of carbonyl (C=O) groups is 1. The van der Waals surface area contributed by atoms with Crippen molar-refractivity contribution < 1.29 is 13.9 Å². The number of carbonyl (C=O) groups excluding carboxylic acids is 1. The lowest BCUT2D eigenvalue weighted by Gasteiger charge is -2.17. The van der Waals surface area contributed by atoms with Crippen LogP contribution in [-0.4, -0.2) is 28.5 Å². The van der Waals surface area contributed by atoms with Gasteiger partial charge in [0.05, 0.1) is 18.4 Å². The Morgan fingerprint density at radius 3 is 2.45 bits per heavy atom. The summed E-state index contributed by atoms with van der Waals surface area (Å²) in [4.78, 5) is 12.5. The van der Waals surface area contributed by atoms with Gasteiger partial charge in [-0.2, -0.15) is 0 Å². The van der Waals surface area contributed by atoms with Crippen LogP contribution in [0.25, 0.3) is 0 Å². The highest BCUT2D eigenvalue weighted by Crippen LogP contribution is 2.31. The van der Waals surface area contributed by atoms with Crippen molar-refractivity contribution in [3.63, 3.8) is 0 Å². The van der Waals surface area contributed by atoms with Gasteiger partial charge in [-0.25, -0.2) is 4.39 Å². The Balaban J connectivity index is 1.53. The van der Waals surface area contributed by atoms with Crippen LogP contribution < -0.4 is 15.4 Å². The van der Waals surface area contributed by atoms with Gasteiger partial charge in [0.25, 0.3) is 0 Å². The van der Waals surface area contributed by atoms with Gasteiger partial charge in [0.1, 0.15) is 11.6 Å². The van der Waals surface area contributed by atoms with E-state index in [1.165, 1.54) is 35.2 Å². The van der Waals surface area contributed by atoms with Crippen LogP contribution in [0.3, 0.4) is 0 Å². The topological polar surface area (TPSA) is 76.1 Å². The van der Waals surface area contributed by atoms with E-state index in [1.54, 1.807) is 19.2 Å². The van der Waals surface area contributed by atoms with Gasteiger partial charge in [-0.15, -0.1) is 10.2 Å². The molecule has 6 nitrogen and oxygen atoms in total. The number of nitrogens with one attached hydrogen (secondary N) is 2. The molecule has 1 aromatic heterocycles. The molecule has 0 radical (unpaired) electrons. The Hall–Kier alpha value is -2.65. The van der Waals surface area contributed by atoms with Crippen LogP contribution >= 0.6 is 23.1 Å². The van der Waals surface area contributed by atoms with E-state index in [9.17, 15) is 9.18 Å². The van der Waals surface area contributed by atoms with Gasteiger partial charge in [0, 0.05) is 5.69 Å². The number of benzene rings is 2. The number of ether oxygens (including phenoxy) is 1. The molecule has 0 saturated carbocycles. The number of aromatic nitrogens is 2. The van der Waals surface area contributed by atoms with E-state index in [0.717, 1.165) is 17.0 Å². The maximum atomic E-state index is 13.0. The Bertz CT molecular complexity index is 948. The summed E-state index contributed by atoms with van der Waals surface area (Å²) in [6.07, 6.45) is 0. The number of methoxy groups -OCH3 is 1. The summed E-state index contributed by atoms with van der Waals surface area (Å²) in [5.74, 6) is 0.358. The zero-order chi connectivity index (χ0) is 20.8. The average Bonchev–Trinajstić information content (AvgIpc) is 3.15. The standard InChI is InChI=1S/C20H21FN4O2S2/c1-12(14-4-6-15(21)7-5-14)22-18(26)13(2)28-20-25-24-19(29-20)23-16-8-10-17(27-3)11-9-16/h4-13H,1-3H3,(H,22,26)(H,23,24)/t12-,13+/m0/s1. The van der Waals surface area contributed by atoms with Gasteiger partial charge in [0.2, 0.25) is 11.0 Å². The summed E-state index contributed by atoms with van der Waals surface area (Å²) in [5.41, 5.74) is 1.72. The van der Waals surface area contributed by atoms with Gasteiger partial charge in [-0.05, 0) is 55.8 Å². The van der Waals surface area contributed by atoms with E-state index < -0.39 is 0 Å². The molecule has 3 aromatic rings. The first kappa shape index (κ1) is 21.1. The first-order valence-corrected chi connectivity index (χ1v) is 10.6. The predicted molar refractivity (Wildman–Crippen MR) is 114 cm³/mol. The molecule has 0 aliphatic rings. The molecule has 1 amide bonds. The summed E-state index contributed by atoms with van der Waals surface area (Å²) in [6, 6.07) is 13.4. The van der Waals surface area contributed by atoms with Crippen molar-refractivity contribution in [1.29, 1.82) is 0 Å². The van der Waals surface area contributed by atoms with Crippen LogP contribution in [-0.2, 0) is 4.79 Å². The van der Waals surface area contributed by atoms with Crippen molar-refractivity contribution in [3.05, 3.63) is 59.9 Å². The fourth-order valence-electron chi connectivity index (χ4n) is 2.48. The molecule has 0 aliphatic heterocycles. The third kappa shape index (κ3) is 5.91. The SMILES string of the molecule is COc1ccc(Nc2nnc(S[C@H](C)C(=O)N[C@@H](C)c3ccc(F)cc3)s2)cc1. The fourth-order valence-corrected chi connectivity index (χ4v) is 4.40. The second-order valence-corrected chi connectivity index (χ2v) is 8.83. The Kier molecular flexibility index (Phi) is 7.05. The Morgan fingerprint density at radius 2 is 1.79 bits per heavy atom. The number of nitrogens with zero attached hydrogens (tertiary/aromatic N) is 2. The molecular formula is C20H21FN4O2S2. The molecule has 3 rings (SSSR count). The number of hydrogen-bond acceptors (Lipinski definition) is 7. The molecular weight excluding hydrogens is 411 g/mol. The maximum absolute atomic E-state index is 13.0. The molecule has 0 saturated heterocycles. The van der Waals surface area contributed by atoms with E-state index in [1.807, 2.05) is 38.1 Å². The van der Waals surface area contributed by atoms with Crippen LogP contribution in [0.5, 0.6) is 5.75 Å². The minimum Gasteiger partial charge on any atom is -0.497 e. The first-order valence-electron chi connectivity index (χ1n) is 8.91.